The van der Waals surface area contributed by atoms with E-state index in [0.29, 0.717) is 18.4 Å². The Hall–Kier alpha value is -1.36. The number of nitrogens with one attached hydrogen (secondary N) is 1. The lowest BCUT2D eigenvalue weighted by molar-refractivity contribution is -0.137. The second-order valence-electron chi connectivity index (χ2n) is 5.66. The topological polar surface area (TPSA) is 29.1 Å². The molecule has 1 saturated carbocycles. The van der Waals surface area contributed by atoms with Crippen LogP contribution >= 0.6 is 0 Å². The third-order valence-electron chi connectivity index (χ3n) is 4.43. The van der Waals surface area contributed by atoms with Crippen LogP contribution in [0.3, 0.4) is 0 Å². The summed E-state index contributed by atoms with van der Waals surface area (Å²) in [5, 5.41) is 3.21. The lowest BCUT2D eigenvalue weighted by Gasteiger charge is -2.16. The van der Waals surface area contributed by atoms with Crippen LogP contribution in [0, 0.1) is 5.92 Å². The first-order chi connectivity index (χ1) is 9.47. The Morgan fingerprint density at radius 2 is 1.95 bits per heavy atom. The van der Waals surface area contributed by atoms with Gasteiger partial charge in [-0.1, -0.05) is 24.6 Å². The number of fused-ring (bicyclic) bond motifs is 1. The van der Waals surface area contributed by atoms with Crippen LogP contribution < -0.4 is 5.32 Å². The van der Waals surface area contributed by atoms with Crippen LogP contribution in [0.15, 0.2) is 24.3 Å². The molecule has 0 spiro atoms. The first kappa shape index (κ1) is 13.6. The fourth-order valence-electron chi connectivity index (χ4n) is 3.48. The number of carbonyl (C=O) groups is 1. The van der Waals surface area contributed by atoms with Crippen LogP contribution in [0.2, 0.25) is 0 Å². The van der Waals surface area contributed by atoms with Gasteiger partial charge in [-0.15, -0.1) is 0 Å². The summed E-state index contributed by atoms with van der Waals surface area (Å²) in [7, 11) is 0. The van der Waals surface area contributed by atoms with Crippen molar-refractivity contribution in [2.45, 2.75) is 43.9 Å². The van der Waals surface area contributed by atoms with Gasteiger partial charge in [-0.3, -0.25) is 4.79 Å². The number of rotatable bonds is 2. The van der Waals surface area contributed by atoms with Crippen molar-refractivity contribution in [3.63, 3.8) is 0 Å². The van der Waals surface area contributed by atoms with Gasteiger partial charge >= 0.3 is 6.18 Å². The van der Waals surface area contributed by atoms with Gasteiger partial charge in [0.1, 0.15) is 0 Å². The fraction of sp³-hybridized carbons (Fsp3) is 0.533. The van der Waals surface area contributed by atoms with Crippen LogP contribution in [0.5, 0.6) is 0 Å². The molecule has 1 N–H and O–H groups in total. The summed E-state index contributed by atoms with van der Waals surface area (Å²) in [6.07, 6.45) is -0.587. The summed E-state index contributed by atoms with van der Waals surface area (Å²) in [4.78, 5) is 12.4. The van der Waals surface area contributed by atoms with Crippen molar-refractivity contribution in [1.82, 2.24) is 5.32 Å². The molecular formula is C15H16F3NO. The maximum absolute atomic E-state index is 13.0. The third kappa shape index (κ3) is 2.35. The van der Waals surface area contributed by atoms with Crippen LogP contribution in [-0.2, 0) is 6.18 Å². The Labute approximate surface area is 115 Å². The van der Waals surface area contributed by atoms with Gasteiger partial charge in [-0.2, -0.15) is 13.2 Å². The SMILES string of the molecule is O=C(c1ccccc1C(F)(F)F)C1CC2CCCC2N1. The van der Waals surface area contributed by atoms with E-state index in [1.54, 1.807) is 0 Å². The Bertz CT molecular complexity index is 514. The van der Waals surface area contributed by atoms with E-state index < -0.39 is 23.6 Å². The molecule has 1 saturated heterocycles. The van der Waals surface area contributed by atoms with Crippen LogP contribution in [0.25, 0.3) is 0 Å². The zero-order chi connectivity index (χ0) is 14.3. The normalized spacial score (nSPS) is 29.4. The highest BCUT2D eigenvalue weighted by Gasteiger charge is 2.42. The highest BCUT2D eigenvalue weighted by atomic mass is 19.4. The molecule has 108 valence electrons. The number of carbonyl (C=O) groups excluding carboxylic acids is 1. The molecule has 2 aliphatic rings. The lowest BCUT2D eigenvalue weighted by atomic mass is 9.94. The quantitative estimate of drug-likeness (QED) is 0.843. The highest BCUT2D eigenvalue weighted by molar-refractivity contribution is 6.01. The lowest BCUT2D eigenvalue weighted by Crippen LogP contribution is -2.36. The van der Waals surface area contributed by atoms with Crippen molar-refractivity contribution in [3.8, 4) is 0 Å². The first-order valence-corrected chi connectivity index (χ1v) is 6.93. The molecule has 0 aromatic heterocycles. The molecule has 1 aliphatic carbocycles. The van der Waals surface area contributed by atoms with E-state index in [-0.39, 0.29) is 5.56 Å². The van der Waals surface area contributed by atoms with Gasteiger partial charge in [-0.25, -0.2) is 0 Å². The average molecular weight is 283 g/mol. The molecule has 2 nitrogen and oxygen atoms in total. The number of Topliss-reactive ketones (excluding diaryl/α,β-unsaturated/α-hetero) is 1. The fourth-order valence-corrected chi connectivity index (χ4v) is 3.48. The van der Waals surface area contributed by atoms with E-state index in [9.17, 15) is 18.0 Å². The molecule has 1 heterocycles. The molecule has 1 aliphatic heterocycles. The minimum absolute atomic E-state index is 0.211. The van der Waals surface area contributed by atoms with Gasteiger partial charge in [0, 0.05) is 11.6 Å². The van der Waals surface area contributed by atoms with Gasteiger partial charge in [-0.05, 0) is 31.2 Å². The van der Waals surface area contributed by atoms with E-state index in [1.165, 1.54) is 18.2 Å². The molecule has 3 rings (SSSR count). The summed E-state index contributed by atoms with van der Waals surface area (Å²) in [6.45, 7) is 0. The Morgan fingerprint density at radius 3 is 2.65 bits per heavy atom. The number of hydrogen-bond donors (Lipinski definition) is 1. The zero-order valence-corrected chi connectivity index (χ0v) is 10.9. The molecule has 3 atom stereocenters. The summed E-state index contributed by atoms with van der Waals surface area (Å²) in [6, 6.07) is 4.90. The van der Waals surface area contributed by atoms with Crippen molar-refractivity contribution in [2.75, 3.05) is 0 Å². The van der Waals surface area contributed by atoms with E-state index >= 15 is 0 Å². The Morgan fingerprint density at radius 1 is 1.20 bits per heavy atom. The molecular weight excluding hydrogens is 267 g/mol. The van der Waals surface area contributed by atoms with Gasteiger partial charge in [0.25, 0.3) is 0 Å². The molecule has 2 fully saturated rings. The number of hydrogen-bond acceptors (Lipinski definition) is 2. The molecule has 1 aromatic carbocycles. The largest absolute Gasteiger partial charge is 0.417 e. The standard InChI is InChI=1S/C15H16F3NO/c16-15(17,18)11-6-2-1-5-10(11)14(20)13-8-9-4-3-7-12(9)19-13/h1-2,5-6,9,12-13,19H,3-4,7-8H2. The molecule has 0 bridgehead atoms. The van der Waals surface area contributed by atoms with E-state index in [2.05, 4.69) is 5.32 Å². The molecule has 3 unspecified atom stereocenters. The number of benzene rings is 1. The summed E-state index contributed by atoms with van der Waals surface area (Å²) < 4.78 is 38.9. The van der Waals surface area contributed by atoms with E-state index in [1.807, 2.05) is 0 Å². The Balaban J connectivity index is 1.85. The summed E-state index contributed by atoms with van der Waals surface area (Å²) >= 11 is 0. The second kappa shape index (κ2) is 4.88. The number of halogens is 3. The van der Waals surface area contributed by atoms with Crippen molar-refractivity contribution >= 4 is 5.78 Å². The number of ketones is 1. The van der Waals surface area contributed by atoms with Crippen molar-refractivity contribution in [3.05, 3.63) is 35.4 Å². The third-order valence-corrected chi connectivity index (χ3v) is 4.43. The molecule has 1 aromatic rings. The molecule has 20 heavy (non-hydrogen) atoms. The molecule has 0 radical (unpaired) electrons. The minimum Gasteiger partial charge on any atom is -0.304 e. The predicted molar refractivity (Wildman–Crippen MR) is 68.4 cm³/mol. The van der Waals surface area contributed by atoms with Gasteiger partial charge < -0.3 is 5.32 Å². The Kier molecular flexibility index (Phi) is 3.32. The maximum Gasteiger partial charge on any atom is 0.417 e. The average Bonchev–Trinajstić information content (AvgIpc) is 2.97. The predicted octanol–water partition coefficient (Wildman–Crippen LogP) is 3.42. The van der Waals surface area contributed by atoms with Crippen molar-refractivity contribution < 1.29 is 18.0 Å². The summed E-state index contributed by atoms with van der Waals surface area (Å²) in [5.74, 6) is 0.0225. The van der Waals surface area contributed by atoms with Crippen molar-refractivity contribution in [1.29, 1.82) is 0 Å². The number of alkyl halides is 3. The van der Waals surface area contributed by atoms with E-state index in [4.69, 9.17) is 0 Å². The highest BCUT2D eigenvalue weighted by Crippen LogP contribution is 2.37. The monoisotopic (exact) mass is 283 g/mol. The maximum atomic E-state index is 13.0. The molecule has 5 heteroatoms. The minimum atomic E-state index is -4.49. The van der Waals surface area contributed by atoms with Gasteiger partial charge in [0.2, 0.25) is 0 Å². The van der Waals surface area contributed by atoms with Crippen LogP contribution in [0.4, 0.5) is 13.2 Å². The van der Waals surface area contributed by atoms with Gasteiger partial charge in [0.05, 0.1) is 11.6 Å². The molecule has 0 amide bonds. The van der Waals surface area contributed by atoms with Crippen LogP contribution in [-0.4, -0.2) is 17.9 Å². The van der Waals surface area contributed by atoms with Crippen LogP contribution in [0.1, 0.15) is 41.6 Å². The first-order valence-electron chi connectivity index (χ1n) is 6.93. The van der Waals surface area contributed by atoms with E-state index in [0.717, 1.165) is 25.3 Å². The second-order valence-corrected chi connectivity index (χ2v) is 5.66. The summed E-state index contributed by atoms with van der Waals surface area (Å²) in [5.41, 5.74) is -1.04. The smallest absolute Gasteiger partial charge is 0.304 e. The van der Waals surface area contributed by atoms with Crippen molar-refractivity contribution in [2.24, 2.45) is 5.92 Å². The van der Waals surface area contributed by atoms with Gasteiger partial charge in [0.15, 0.2) is 5.78 Å². The zero-order valence-electron chi connectivity index (χ0n) is 10.9.